The molecule has 1 aromatic carbocycles. The van der Waals surface area contributed by atoms with E-state index in [0.29, 0.717) is 24.0 Å². The van der Waals surface area contributed by atoms with Gasteiger partial charge in [0.05, 0.1) is 0 Å². The molecule has 184 valence electrons. The van der Waals surface area contributed by atoms with Gasteiger partial charge in [0.2, 0.25) is 5.89 Å². The molecule has 0 aliphatic carbocycles. The van der Waals surface area contributed by atoms with Gasteiger partial charge in [-0.3, -0.25) is 0 Å². The van der Waals surface area contributed by atoms with Crippen LogP contribution in [0.4, 0.5) is 4.39 Å². The molecule has 0 amide bonds. The number of halogens is 1. The Kier molecular flexibility index (Phi) is 6.69. The smallest absolute Gasteiger partial charge is 0.391 e. The molecule has 0 radical (unpaired) electrons. The monoisotopic (exact) mass is 493 g/mol. The van der Waals surface area contributed by atoms with Gasteiger partial charge in [0.1, 0.15) is 24.0 Å². The molecule has 2 atom stereocenters. The first-order valence-electron chi connectivity index (χ1n) is 11.0. The Morgan fingerprint density at radius 1 is 1.26 bits per heavy atom. The Balaban J connectivity index is 1.59. The second-order valence-corrected chi connectivity index (χ2v) is 10.4. The van der Waals surface area contributed by atoms with E-state index in [0.717, 1.165) is 11.4 Å². The van der Waals surface area contributed by atoms with Crippen LogP contribution < -0.4 is 10.5 Å². The van der Waals surface area contributed by atoms with Gasteiger partial charge in [-0.15, -0.1) is 15.3 Å². The Labute approximate surface area is 196 Å². The minimum atomic E-state index is -4.01. The number of nitrogens with one attached hydrogen (secondary N) is 2. The van der Waals surface area contributed by atoms with E-state index in [9.17, 15) is 17.6 Å². The summed E-state index contributed by atoms with van der Waals surface area (Å²) in [7, 11) is -2.15. The zero-order valence-corrected chi connectivity index (χ0v) is 20.3. The summed E-state index contributed by atoms with van der Waals surface area (Å²) in [5.74, 6) is -1.24. The Hall–Kier alpha value is -2.90. The van der Waals surface area contributed by atoms with Crippen molar-refractivity contribution in [3.8, 4) is 0 Å². The highest BCUT2D eigenvalue weighted by atomic mass is 32.2. The van der Waals surface area contributed by atoms with Crippen LogP contribution in [0.1, 0.15) is 66.0 Å². The van der Waals surface area contributed by atoms with Gasteiger partial charge in [-0.2, -0.15) is 17.4 Å². The van der Waals surface area contributed by atoms with Crippen LogP contribution in [0.5, 0.6) is 0 Å². The number of H-pyrrole nitrogens is 1. The predicted octanol–water partition coefficient (Wildman–Crippen LogP) is 1.81. The molecule has 0 bridgehead atoms. The highest BCUT2D eigenvalue weighted by Crippen LogP contribution is 2.35. The van der Waals surface area contributed by atoms with E-state index in [1.807, 2.05) is 18.5 Å². The van der Waals surface area contributed by atoms with Gasteiger partial charge in [0, 0.05) is 32.0 Å². The molecule has 1 aliphatic rings. The van der Waals surface area contributed by atoms with Crippen molar-refractivity contribution in [3.63, 3.8) is 0 Å². The van der Waals surface area contributed by atoms with Crippen LogP contribution in [0, 0.1) is 19.7 Å². The standard InChI is InChI=1S/C21H28FN7O4S/c1-12-5-6-16(22)17(13(12)2)14(3)18(20-25-26-21(30)33-20)27-34(31,32)29-9-7-15(8-10-29)19-24-23-11-28(19)4/h5-6,11,14-15,18,27H,7-10H2,1-4H3,(H,26,30)/t14-,18+/m1/s1. The van der Waals surface area contributed by atoms with E-state index in [1.54, 1.807) is 26.2 Å². The molecule has 0 spiro atoms. The summed E-state index contributed by atoms with van der Waals surface area (Å²) in [5.41, 5.74) is 1.89. The van der Waals surface area contributed by atoms with Crippen molar-refractivity contribution in [2.75, 3.05) is 13.1 Å². The molecule has 2 aromatic heterocycles. The van der Waals surface area contributed by atoms with E-state index in [4.69, 9.17) is 4.42 Å². The maximum absolute atomic E-state index is 14.8. The van der Waals surface area contributed by atoms with Crippen molar-refractivity contribution in [2.45, 2.75) is 51.5 Å². The number of aromatic nitrogens is 5. The third-order valence-corrected chi connectivity index (χ3v) is 8.19. The highest BCUT2D eigenvalue weighted by Gasteiger charge is 2.37. The Morgan fingerprint density at radius 3 is 2.56 bits per heavy atom. The van der Waals surface area contributed by atoms with Crippen LogP contribution in [0.3, 0.4) is 0 Å². The minimum absolute atomic E-state index is 0.0991. The molecule has 0 unspecified atom stereocenters. The van der Waals surface area contributed by atoms with E-state index < -0.39 is 33.7 Å². The first-order valence-corrected chi connectivity index (χ1v) is 12.4. The quantitative estimate of drug-likeness (QED) is 0.512. The lowest BCUT2D eigenvalue weighted by Gasteiger charge is -2.32. The molecule has 13 heteroatoms. The van der Waals surface area contributed by atoms with Crippen molar-refractivity contribution in [1.82, 2.24) is 34.0 Å². The average molecular weight is 494 g/mol. The number of hydrogen-bond donors (Lipinski definition) is 2. The molecule has 1 aliphatic heterocycles. The van der Waals surface area contributed by atoms with Gasteiger partial charge >= 0.3 is 5.76 Å². The summed E-state index contributed by atoms with van der Waals surface area (Å²) < 4.78 is 52.4. The number of aromatic amines is 1. The Morgan fingerprint density at radius 2 is 1.97 bits per heavy atom. The van der Waals surface area contributed by atoms with Crippen LogP contribution in [0.15, 0.2) is 27.7 Å². The summed E-state index contributed by atoms with van der Waals surface area (Å²) in [6.45, 7) is 5.84. The second kappa shape index (κ2) is 9.39. The van der Waals surface area contributed by atoms with Crippen molar-refractivity contribution < 1.29 is 17.2 Å². The molecule has 4 rings (SSSR count). The van der Waals surface area contributed by atoms with Gasteiger partial charge in [-0.05, 0) is 49.4 Å². The first-order chi connectivity index (χ1) is 16.1. The lowest BCUT2D eigenvalue weighted by molar-refractivity contribution is 0.298. The fourth-order valence-electron chi connectivity index (χ4n) is 4.52. The maximum Gasteiger partial charge on any atom is 0.434 e. The number of piperidine rings is 1. The van der Waals surface area contributed by atoms with Crippen LogP contribution in [0.2, 0.25) is 0 Å². The summed E-state index contributed by atoms with van der Waals surface area (Å²) >= 11 is 0. The topological polar surface area (TPSA) is 139 Å². The summed E-state index contributed by atoms with van der Waals surface area (Å²) in [6.07, 6.45) is 2.78. The summed E-state index contributed by atoms with van der Waals surface area (Å²) in [4.78, 5) is 11.6. The van der Waals surface area contributed by atoms with E-state index >= 15 is 0 Å². The molecule has 0 saturated carbocycles. The van der Waals surface area contributed by atoms with Crippen LogP contribution in [0.25, 0.3) is 0 Å². The lowest BCUT2D eigenvalue weighted by atomic mass is 9.88. The van der Waals surface area contributed by atoms with Crippen LogP contribution in [-0.4, -0.2) is 50.8 Å². The van der Waals surface area contributed by atoms with Gasteiger partial charge in [-0.1, -0.05) is 13.0 Å². The predicted molar refractivity (Wildman–Crippen MR) is 121 cm³/mol. The zero-order valence-electron chi connectivity index (χ0n) is 19.4. The lowest BCUT2D eigenvalue weighted by Crippen LogP contribution is -2.47. The number of aryl methyl sites for hydroxylation is 2. The van der Waals surface area contributed by atoms with Gasteiger partial charge in [0.15, 0.2) is 0 Å². The summed E-state index contributed by atoms with van der Waals surface area (Å²) in [6, 6.07) is 1.91. The molecular weight excluding hydrogens is 465 g/mol. The SMILES string of the molecule is Cc1ccc(F)c([C@@H](C)[C@H](NS(=O)(=O)N2CCC(c3nncn3C)CC2)c2n[nH]c(=O)o2)c1C. The van der Waals surface area contributed by atoms with E-state index in [-0.39, 0.29) is 24.9 Å². The first kappa shape index (κ1) is 24.2. The van der Waals surface area contributed by atoms with Crippen LogP contribution in [-0.2, 0) is 17.3 Å². The minimum Gasteiger partial charge on any atom is -0.391 e. The van der Waals surface area contributed by atoms with E-state index in [2.05, 4.69) is 25.1 Å². The third-order valence-electron chi connectivity index (χ3n) is 6.59. The molecule has 34 heavy (non-hydrogen) atoms. The molecular formula is C21H28FN7O4S. The van der Waals surface area contributed by atoms with Gasteiger partial charge < -0.3 is 8.98 Å². The number of hydrogen-bond acceptors (Lipinski definition) is 7. The Bertz CT molecular complexity index is 1320. The van der Waals surface area contributed by atoms with Crippen molar-refractivity contribution >= 4 is 10.2 Å². The fourth-order valence-corrected chi connectivity index (χ4v) is 5.99. The van der Waals surface area contributed by atoms with Crippen molar-refractivity contribution in [3.05, 3.63) is 63.2 Å². The zero-order chi connectivity index (χ0) is 24.6. The molecule has 3 heterocycles. The molecule has 11 nitrogen and oxygen atoms in total. The van der Waals surface area contributed by atoms with E-state index in [1.165, 1.54) is 10.4 Å². The second-order valence-electron chi connectivity index (χ2n) is 8.72. The maximum atomic E-state index is 14.8. The average Bonchev–Trinajstić information content (AvgIpc) is 3.43. The molecule has 1 fully saturated rings. The fraction of sp³-hybridized carbons (Fsp3) is 0.524. The highest BCUT2D eigenvalue weighted by molar-refractivity contribution is 7.87. The normalized spacial score (nSPS) is 17.7. The van der Waals surface area contributed by atoms with Crippen LogP contribution >= 0.6 is 0 Å². The van der Waals surface area contributed by atoms with Crippen molar-refractivity contribution in [1.29, 1.82) is 0 Å². The van der Waals surface area contributed by atoms with Gasteiger partial charge in [0.25, 0.3) is 10.2 Å². The number of nitrogens with zero attached hydrogens (tertiary/aromatic N) is 5. The largest absolute Gasteiger partial charge is 0.434 e. The molecule has 1 saturated heterocycles. The number of rotatable bonds is 7. The number of benzene rings is 1. The molecule has 3 aromatic rings. The molecule has 2 N–H and O–H groups in total. The third kappa shape index (κ3) is 4.68. The summed E-state index contributed by atoms with van der Waals surface area (Å²) in [5, 5.41) is 14.0. The van der Waals surface area contributed by atoms with Gasteiger partial charge in [-0.25, -0.2) is 14.3 Å². The van der Waals surface area contributed by atoms with Crippen molar-refractivity contribution in [2.24, 2.45) is 7.05 Å².